The molecule has 0 amide bonds. The van der Waals surface area contributed by atoms with Crippen LogP contribution in [0.2, 0.25) is 0 Å². The van der Waals surface area contributed by atoms with Crippen LogP contribution in [0.3, 0.4) is 0 Å². The Balaban J connectivity index is 2.39. The van der Waals surface area contributed by atoms with Crippen LogP contribution in [0, 0.1) is 0 Å². The zero-order valence-corrected chi connectivity index (χ0v) is 10.8. The summed E-state index contributed by atoms with van der Waals surface area (Å²) in [6.45, 7) is 3.92. The normalized spacial score (nSPS) is 12.6. The first kappa shape index (κ1) is 14.0. The zero-order chi connectivity index (χ0) is 12.5. The van der Waals surface area contributed by atoms with Crippen molar-refractivity contribution >= 4 is 0 Å². The van der Waals surface area contributed by atoms with Crippen molar-refractivity contribution in [2.45, 2.75) is 32.2 Å². The number of nitrogens with one attached hydrogen (secondary N) is 1. The molecule has 0 aliphatic heterocycles. The summed E-state index contributed by atoms with van der Waals surface area (Å²) in [7, 11) is 1.73. The molecule has 2 N–H and O–H groups in total. The lowest BCUT2D eigenvalue weighted by Crippen LogP contribution is -2.34. The summed E-state index contributed by atoms with van der Waals surface area (Å²) in [6.07, 6.45) is 3.11. The van der Waals surface area contributed by atoms with E-state index in [9.17, 15) is 5.11 Å². The average molecular weight is 237 g/mol. The lowest BCUT2D eigenvalue weighted by Gasteiger charge is -2.17. The second-order valence-corrected chi connectivity index (χ2v) is 4.31. The third-order valence-electron chi connectivity index (χ3n) is 2.74. The number of ether oxygens (including phenoxy) is 1. The third kappa shape index (κ3) is 5.71. The van der Waals surface area contributed by atoms with E-state index in [1.165, 1.54) is 5.56 Å². The molecular formula is C14H23NO2. The maximum absolute atomic E-state index is 9.38. The van der Waals surface area contributed by atoms with Crippen molar-refractivity contribution in [3.05, 3.63) is 29.8 Å². The van der Waals surface area contributed by atoms with Crippen molar-refractivity contribution in [2.24, 2.45) is 0 Å². The molecule has 0 heterocycles. The molecule has 0 saturated carbocycles. The zero-order valence-electron chi connectivity index (χ0n) is 10.8. The van der Waals surface area contributed by atoms with Gasteiger partial charge in [0.15, 0.2) is 0 Å². The van der Waals surface area contributed by atoms with Crippen molar-refractivity contribution in [1.29, 1.82) is 0 Å². The number of methoxy groups -OCH3 is 1. The molecular weight excluding hydrogens is 214 g/mol. The predicted octanol–water partition coefficient (Wildman–Crippen LogP) is 2.34. The first-order valence-corrected chi connectivity index (χ1v) is 6.26. The molecule has 1 unspecified atom stereocenters. The van der Waals surface area contributed by atoms with Gasteiger partial charge in [-0.3, -0.25) is 0 Å². The number of rotatable bonds is 8. The molecule has 1 aromatic carbocycles. The highest BCUT2D eigenvalue weighted by atomic mass is 16.5. The van der Waals surface area contributed by atoms with Crippen LogP contribution in [-0.2, 0) is 11.2 Å². The van der Waals surface area contributed by atoms with Gasteiger partial charge in [0.1, 0.15) is 5.75 Å². The highest BCUT2D eigenvalue weighted by molar-refractivity contribution is 5.27. The standard InChI is InChI=1S/C14H23NO2/c1-3-9-15-13(11-17-2)8-7-12-5-4-6-14(16)10-12/h4-6,10,13,15-16H,3,7-9,11H2,1-2H3. The molecule has 0 saturated heterocycles. The molecule has 17 heavy (non-hydrogen) atoms. The number of aryl methyl sites for hydroxylation is 1. The van der Waals surface area contributed by atoms with Gasteiger partial charge in [-0.05, 0) is 43.5 Å². The minimum Gasteiger partial charge on any atom is -0.508 e. The van der Waals surface area contributed by atoms with Crippen molar-refractivity contribution in [2.75, 3.05) is 20.3 Å². The summed E-state index contributed by atoms with van der Waals surface area (Å²) in [4.78, 5) is 0. The number of phenols is 1. The van der Waals surface area contributed by atoms with E-state index in [0.29, 0.717) is 11.8 Å². The maximum Gasteiger partial charge on any atom is 0.115 e. The van der Waals surface area contributed by atoms with E-state index in [2.05, 4.69) is 12.2 Å². The molecule has 1 atom stereocenters. The highest BCUT2D eigenvalue weighted by Gasteiger charge is 2.07. The van der Waals surface area contributed by atoms with Crippen LogP contribution in [0.4, 0.5) is 0 Å². The SMILES string of the molecule is CCCNC(CCc1cccc(O)c1)COC. The Kier molecular flexibility index (Phi) is 6.67. The summed E-state index contributed by atoms with van der Waals surface area (Å²) in [5, 5.41) is 12.9. The quantitative estimate of drug-likeness (QED) is 0.729. The topological polar surface area (TPSA) is 41.5 Å². The van der Waals surface area contributed by atoms with E-state index in [4.69, 9.17) is 4.74 Å². The van der Waals surface area contributed by atoms with Gasteiger partial charge in [-0.1, -0.05) is 19.1 Å². The van der Waals surface area contributed by atoms with E-state index in [1.54, 1.807) is 13.2 Å². The van der Waals surface area contributed by atoms with Crippen LogP contribution in [0.5, 0.6) is 5.75 Å². The van der Waals surface area contributed by atoms with Gasteiger partial charge in [-0.2, -0.15) is 0 Å². The van der Waals surface area contributed by atoms with Gasteiger partial charge in [-0.15, -0.1) is 0 Å². The molecule has 0 fully saturated rings. The van der Waals surface area contributed by atoms with Crippen LogP contribution in [-0.4, -0.2) is 31.4 Å². The maximum atomic E-state index is 9.38. The minimum absolute atomic E-state index is 0.340. The predicted molar refractivity (Wildman–Crippen MR) is 70.4 cm³/mol. The average Bonchev–Trinajstić information content (AvgIpc) is 2.33. The molecule has 0 radical (unpaired) electrons. The molecule has 1 rings (SSSR count). The molecule has 0 bridgehead atoms. The molecule has 3 heteroatoms. The number of phenolic OH excluding ortho intramolecular Hbond substituents is 1. The van der Waals surface area contributed by atoms with Gasteiger partial charge in [-0.25, -0.2) is 0 Å². The van der Waals surface area contributed by atoms with E-state index in [0.717, 1.165) is 32.4 Å². The van der Waals surface area contributed by atoms with Crippen molar-refractivity contribution in [1.82, 2.24) is 5.32 Å². The summed E-state index contributed by atoms with van der Waals surface area (Å²) >= 11 is 0. The second-order valence-electron chi connectivity index (χ2n) is 4.31. The Bertz CT molecular complexity index is 315. The highest BCUT2D eigenvalue weighted by Crippen LogP contribution is 2.13. The number of aromatic hydroxyl groups is 1. The lowest BCUT2D eigenvalue weighted by atomic mass is 10.1. The first-order valence-electron chi connectivity index (χ1n) is 6.26. The van der Waals surface area contributed by atoms with E-state index in [-0.39, 0.29) is 0 Å². The summed E-state index contributed by atoms with van der Waals surface area (Å²) < 4.78 is 5.20. The molecule has 1 aromatic rings. The molecule has 3 nitrogen and oxygen atoms in total. The number of hydrogen-bond donors (Lipinski definition) is 2. The Morgan fingerprint density at radius 2 is 2.24 bits per heavy atom. The Morgan fingerprint density at radius 3 is 2.88 bits per heavy atom. The Hall–Kier alpha value is -1.06. The number of hydrogen-bond acceptors (Lipinski definition) is 3. The molecule has 0 spiro atoms. The summed E-state index contributed by atoms with van der Waals surface area (Å²) in [5.41, 5.74) is 1.17. The van der Waals surface area contributed by atoms with Crippen LogP contribution >= 0.6 is 0 Å². The Morgan fingerprint density at radius 1 is 1.41 bits per heavy atom. The van der Waals surface area contributed by atoms with Crippen LogP contribution < -0.4 is 5.32 Å². The molecule has 0 aliphatic rings. The molecule has 0 aliphatic carbocycles. The van der Waals surface area contributed by atoms with E-state index in [1.807, 2.05) is 18.2 Å². The lowest BCUT2D eigenvalue weighted by molar-refractivity contribution is 0.162. The van der Waals surface area contributed by atoms with E-state index < -0.39 is 0 Å². The second kappa shape index (κ2) is 8.09. The third-order valence-corrected chi connectivity index (χ3v) is 2.74. The van der Waals surface area contributed by atoms with Crippen molar-refractivity contribution in [3.8, 4) is 5.75 Å². The molecule has 0 aromatic heterocycles. The smallest absolute Gasteiger partial charge is 0.115 e. The fraction of sp³-hybridized carbons (Fsp3) is 0.571. The number of benzene rings is 1. The van der Waals surface area contributed by atoms with Crippen LogP contribution in [0.15, 0.2) is 24.3 Å². The monoisotopic (exact) mass is 237 g/mol. The van der Waals surface area contributed by atoms with Gasteiger partial charge < -0.3 is 15.2 Å². The van der Waals surface area contributed by atoms with E-state index >= 15 is 0 Å². The van der Waals surface area contributed by atoms with Crippen LogP contribution in [0.1, 0.15) is 25.3 Å². The summed E-state index contributed by atoms with van der Waals surface area (Å²) in [6, 6.07) is 7.84. The van der Waals surface area contributed by atoms with Gasteiger partial charge in [0.25, 0.3) is 0 Å². The summed E-state index contributed by atoms with van der Waals surface area (Å²) in [5.74, 6) is 0.340. The largest absolute Gasteiger partial charge is 0.508 e. The van der Waals surface area contributed by atoms with Crippen molar-refractivity contribution in [3.63, 3.8) is 0 Å². The fourth-order valence-corrected chi connectivity index (χ4v) is 1.85. The van der Waals surface area contributed by atoms with Gasteiger partial charge in [0.05, 0.1) is 6.61 Å². The van der Waals surface area contributed by atoms with Crippen molar-refractivity contribution < 1.29 is 9.84 Å². The first-order chi connectivity index (χ1) is 8.26. The van der Waals surface area contributed by atoms with Gasteiger partial charge in [0, 0.05) is 13.2 Å². The van der Waals surface area contributed by atoms with Gasteiger partial charge >= 0.3 is 0 Å². The molecule has 96 valence electrons. The van der Waals surface area contributed by atoms with Gasteiger partial charge in [0.2, 0.25) is 0 Å². The fourth-order valence-electron chi connectivity index (χ4n) is 1.85. The minimum atomic E-state index is 0.340. The van der Waals surface area contributed by atoms with Crippen LogP contribution in [0.25, 0.3) is 0 Å². The Labute approximate surface area is 104 Å².